The van der Waals surface area contributed by atoms with E-state index in [-0.39, 0.29) is 6.10 Å². The molecule has 0 aliphatic rings. The summed E-state index contributed by atoms with van der Waals surface area (Å²) in [5.41, 5.74) is 0.650. The molecule has 2 aromatic carbocycles. The Morgan fingerprint density at radius 2 is 2.00 bits per heavy atom. The van der Waals surface area contributed by atoms with E-state index in [1.165, 1.54) is 11.8 Å². The van der Waals surface area contributed by atoms with Crippen molar-refractivity contribution in [3.63, 3.8) is 0 Å². The van der Waals surface area contributed by atoms with Crippen LogP contribution in [0.3, 0.4) is 0 Å². The Kier molecular flexibility index (Phi) is 6.17. The van der Waals surface area contributed by atoms with Crippen molar-refractivity contribution >= 4 is 51.4 Å². The van der Waals surface area contributed by atoms with Gasteiger partial charge in [0.2, 0.25) is 6.41 Å². The van der Waals surface area contributed by atoms with Crippen LogP contribution in [0.15, 0.2) is 50.7 Å². The predicted octanol–water partition coefficient (Wildman–Crippen LogP) is 5.61. The van der Waals surface area contributed by atoms with Crippen LogP contribution in [0.1, 0.15) is 13.8 Å². The monoisotopic (exact) mass is 399 g/mol. The lowest BCUT2D eigenvalue weighted by Gasteiger charge is -2.16. The van der Waals surface area contributed by atoms with Gasteiger partial charge in [-0.3, -0.25) is 4.79 Å². The van der Waals surface area contributed by atoms with Crippen LogP contribution in [0.5, 0.6) is 5.75 Å². The van der Waals surface area contributed by atoms with Crippen LogP contribution < -0.4 is 10.1 Å². The summed E-state index contributed by atoms with van der Waals surface area (Å²) in [6.45, 7) is 3.88. The highest BCUT2D eigenvalue weighted by Crippen LogP contribution is 2.42. The molecule has 2 rings (SSSR count). The Balaban J connectivity index is 2.42. The number of benzene rings is 2. The zero-order valence-electron chi connectivity index (χ0n) is 12.1. The first-order valence-electron chi connectivity index (χ1n) is 6.64. The number of halogens is 2. The number of anilines is 1. The van der Waals surface area contributed by atoms with Gasteiger partial charge in [-0.2, -0.15) is 0 Å². The second-order valence-electron chi connectivity index (χ2n) is 4.74. The quantitative estimate of drug-likeness (QED) is 0.641. The molecule has 0 aromatic heterocycles. The van der Waals surface area contributed by atoms with Crippen LogP contribution in [0.2, 0.25) is 5.02 Å². The molecule has 116 valence electrons. The summed E-state index contributed by atoms with van der Waals surface area (Å²) in [5, 5.41) is 3.15. The molecule has 0 aliphatic carbocycles. The zero-order valence-corrected chi connectivity index (χ0v) is 15.3. The molecule has 0 radical (unpaired) electrons. The zero-order chi connectivity index (χ0) is 16.1. The van der Waals surface area contributed by atoms with Crippen LogP contribution in [-0.2, 0) is 4.79 Å². The first-order valence-corrected chi connectivity index (χ1v) is 8.62. The topological polar surface area (TPSA) is 38.3 Å². The number of carbonyl (C=O) groups is 1. The van der Waals surface area contributed by atoms with Crippen molar-refractivity contribution in [1.29, 1.82) is 0 Å². The molecule has 22 heavy (non-hydrogen) atoms. The minimum absolute atomic E-state index is 0.0173. The van der Waals surface area contributed by atoms with Gasteiger partial charge in [-0.25, -0.2) is 0 Å². The third kappa shape index (κ3) is 4.41. The van der Waals surface area contributed by atoms with Gasteiger partial charge in [0.15, 0.2) is 0 Å². The number of amides is 1. The number of hydrogen-bond acceptors (Lipinski definition) is 3. The van der Waals surface area contributed by atoms with E-state index in [0.717, 1.165) is 14.3 Å². The average Bonchev–Trinajstić information content (AvgIpc) is 2.46. The predicted molar refractivity (Wildman–Crippen MR) is 95.2 cm³/mol. The first-order chi connectivity index (χ1) is 10.5. The SMILES string of the molecule is CC(C)Oc1cc(Sc2ccccc2Br)c(NC=O)cc1Cl. The van der Waals surface area contributed by atoms with Crippen molar-refractivity contribution in [2.45, 2.75) is 29.7 Å². The molecule has 6 heteroatoms. The van der Waals surface area contributed by atoms with Crippen LogP contribution in [0, 0.1) is 0 Å². The van der Waals surface area contributed by atoms with Crippen molar-refractivity contribution in [2.75, 3.05) is 5.32 Å². The minimum Gasteiger partial charge on any atom is -0.489 e. The van der Waals surface area contributed by atoms with E-state index in [9.17, 15) is 4.79 Å². The molecular weight excluding hydrogens is 386 g/mol. The van der Waals surface area contributed by atoms with Crippen molar-refractivity contribution < 1.29 is 9.53 Å². The fraction of sp³-hybridized carbons (Fsp3) is 0.188. The summed E-state index contributed by atoms with van der Waals surface area (Å²) in [4.78, 5) is 12.7. The molecule has 0 saturated carbocycles. The van der Waals surface area contributed by atoms with Crippen molar-refractivity contribution in [3.8, 4) is 5.75 Å². The highest BCUT2D eigenvalue weighted by Gasteiger charge is 2.13. The number of ether oxygens (including phenoxy) is 1. The average molecular weight is 401 g/mol. The highest BCUT2D eigenvalue weighted by molar-refractivity contribution is 9.10. The number of nitrogens with one attached hydrogen (secondary N) is 1. The van der Waals surface area contributed by atoms with Crippen molar-refractivity contribution in [2.24, 2.45) is 0 Å². The summed E-state index contributed by atoms with van der Waals surface area (Å²) in [6, 6.07) is 11.4. The van der Waals surface area contributed by atoms with Crippen molar-refractivity contribution in [3.05, 3.63) is 45.9 Å². The van der Waals surface area contributed by atoms with Gasteiger partial charge in [0.1, 0.15) is 5.75 Å². The van der Waals surface area contributed by atoms with Gasteiger partial charge in [0.05, 0.1) is 16.8 Å². The van der Waals surface area contributed by atoms with E-state index < -0.39 is 0 Å². The number of hydrogen-bond donors (Lipinski definition) is 1. The fourth-order valence-corrected chi connectivity index (χ4v) is 3.46. The van der Waals surface area contributed by atoms with E-state index in [4.69, 9.17) is 16.3 Å². The molecule has 0 spiro atoms. The highest BCUT2D eigenvalue weighted by atomic mass is 79.9. The molecule has 1 N–H and O–H groups in total. The largest absolute Gasteiger partial charge is 0.489 e. The Bertz CT molecular complexity index is 679. The summed E-state index contributed by atoms with van der Waals surface area (Å²) in [7, 11) is 0. The van der Waals surface area contributed by atoms with E-state index in [0.29, 0.717) is 22.9 Å². The maximum absolute atomic E-state index is 10.8. The minimum atomic E-state index is 0.0173. The van der Waals surface area contributed by atoms with Crippen LogP contribution in [0.4, 0.5) is 5.69 Å². The van der Waals surface area contributed by atoms with Crippen LogP contribution in [0.25, 0.3) is 0 Å². The molecule has 0 unspecified atom stereocenters. The molecule has 0 fully saturated rings. The maximum atomic E-state index is 10.8. The lowest BCUT2D eigenvalue weighted by atomic mass is 10.3. The molecule has 0 bridgehead atoms. The van der Waals surface area contributed by atoms with Gasteiger partial charge in [-0.1, -0.05) is 35.5 Å². The smallest absolute Gasteiger partial charge is 0.211 e. The van der Waals surface area contributed by atoms with E-state index >= 15 is 0 Å². The second kappa shape index (κ2) is 7.90. The fourth-order valence-electron chi connectivity index (χ4n) is 1.79. The maximum Gasteiger partial charge on any atom is 0.211 e. The molecule has 3 nitrogen and oxygen atoms in total. The van der Waals surface area contributed by atoms with Crippen molar-refractivity contribution in [1.82, 2.24) is 0 Å². The number of carbonyl (C=O) groups excluding carboxylic acids is 1. The first kappa shape index (κ1) is 17.2. The Morgan fingerprint density at radius 3 is 2.64 bits per heavy atom. The molecule has 1 amide bonds. The van der Waals surface area contributed by atoms with Crippen LogP contribution in [-0.4, -0.2) is 12.5 Å². The summed E-state index contributed by atoms with van der Waals surface area (Å²) in [5.74, 6) is 0.600. The van der Waals surface area contributed by atoms with Gasteiger partial charge in [-0.05, 0) is 54.0 Å². The Hall–Kier alpha value is -1.17. The molecule has 0 heterocycles. The van der Waals surface area contributed by atoms with Gasteiger partial charge < -0.3 is 10.1 Å². The van der Waals surface area contributed by atoms with Gasteiger partial charge >= 0.3 is 0 Å². The molecule has 0 aliphatic heterocycles. The Morgan fingerprint density at radius 1 is 1.27 bits per heavy atom. The van der Waals surface area contributed by atoms with Gasteiger partial charge in [0, 0.05) is 14.3 Å². The van der Waals surface area contributed by atoms with Gasteiger partial charge in [-0.15, -0.1) is 0 Å². The molecule has 2 aromatic rings. The summed E-state index contributed by atoms with van der Waals surface area (Å²) >= 11 is 11.3. The third-order valence-electron chi connectivity index (χ3n) is 2.67. The molecular formula is C16H15BrClNO2S. The van der Waals surface area contributed by atoms with Crippen LogP contribution >= 0.6 is 39.3 Å². The lowest BCUT2D eigenvalue weighted by molar-refractivity contribution is -0.105. The normalized spacial score (nSPS) is 10.6. The third-order valence-corrected chi connectivity index (χ3v) is 5.05. The second-order valence-corrected chi connectivity index (χ2v) is 7.09. The summed E-state index contributed by atoms with van der Waals surface area (Å²) in [6.07, 6.45) is 0.655. The van der Waals surface area contributed by atoms with E-state index in [1.54, 1.807) is 6.07 Å². The Labute approximate surface area is 147 Å². The molecule has 0 saturated heterocycles. The van der Waals surface area contributed by atoms with Gasteiger partial charge in [0.25, 0.3) is 0 Å². The molecule has 0 atom stereocenters. The van der Waals surface area contributed by atoms with E-state index in [1.807, 2.05) is 44.2 Å². The standard InChI is InChI=1S/C16H15BrClNO2S/c1-10(2)21-14-8-16(13(19-9-20)7-12(14)18)22-15-6-4-3-5-11(15)17/h3-10H,1-2H3,(H,19,20). The summed E-state index contributed by atoms with van der Waals surface area (Å²) < 4.78 is 6.70. The lowest BCUT2D eigenvalue weighted by Crippen LogP contribution is -2.06. The number of rotatable bonds is 6. The van der Waals surface area contributed by atoms with E-state index in [2.05, 4.69) is 21.2 Å².